The van der Waals surface area contributed by atoms with Crippen LogP contribution < -0.4 is 5.32 Å². The number of carboxylic acids is 1. The van der Waals surface area contributed by atoms with Crippen LogP contribution in [0.1, 0.15) is 29.7 Å². The number of carbonyl (C=O) groups excluding carboxylic acids is 1. The SMILES string of the molecule is O=C(Cc1cccc(F)c1)N1CCc2ncnc(NC3CC3)c2CC1.O=C(O)C(F)(F)F. The maximum atomic E-state index is 13.3. The molecule has 0 bridgehead atoms. The number of hydrogen-bond donors (Lipinski definition) is 2. The number of hydrogen-bond acceptors (Lipinski definition) is 5. The predicted molar refractivity (Wildman–Crippen MR) is 106 cm³/mol. The van der Waals surface area contributed by atoms with Gasteiger partial charge in [0.2, 0.25) is 5.91 Å². The van der Waals surface area contributed by atoms with Crippen molar-refractivity contribution in [1.82, 2.24) is 14.9 Å². The highest BCUT2D eigenvalue weighted by Crippen LogP contribution is 2.27. The number of anilines is 1. The third-order valence-electron chi connectivity index (χ3n) is 5.04. The summed E-state index contributed by atoms with van der Waals surface area (Å²) >= 11 is 0. The molecule has 2 heterocycles. The van der Waals surface area contributed by atoms with Gasteiger partial charge in [-0.1, -0.05) is 12.1 Å². The molecule has 1 fully saturated rings. The Hall–Kier alpha value is -3.24. The van der Waals surface area contributed by atoms with Gasteiger partial charge >= 0.3 is 12.1 Å². The molecule has 11 heteroatoms. The number of halogens is 4. The van der Waals surface area contributed by atoms with Crippen molar-refractivity contribution in [1.29, 1.82) is 0 Å². The lowest BCUT2D eigenvalue weighted by molar-refractivity contribution is -0.192. The summed E-state index contributed by atoms with van der Waals surface area (Å²) in [4.78, 5) is 32.2. The van der Waals surface area contributed by atoms with Crippen LogP contribution in [0.15, 0.2) is 30.6 Å². The second kappa shape index (κ2) is 9.92. The number of alkyl halides is 3. The monoisotopic (exact) mass is 454 g/mol. The number of fused-ring (bicyclic) bond motifs is 1. The van der Waals surface area contributed by atoms with Crippen molar-refractivity contribution in [3.63, 3.8) is 0 Å². The predicted octanol–water partition coefficient (Wildman–Crippen LogP) is 2.99. The molecule has 2 aromatic rings. The molecule has 1 amide bonds. The lowest BCUT2D eigenvalue weighted by Crippen LogP contribution is -2.34. The van der Waals surface area contributed by atoms with Gasteiger partial charge in [-0.2, -0.15) is 13.2 Å². The van der Waals surface area contributed by atoms with E-state index in [1.54, 1.807) is 18.5 Å². The van der Waals surface area contributed by atoms with Gasteiger partial charge in [0.1, 0.15) is 18.0 Å². The number of amides is 1. The van der Waals surface area contributed by atoms with Crippen molar-refractivity contribution < 1.29 is 32.3 Å². The number of rotatable bonds is 4. The third kappa shape index (κ3) is 6.63. The van der Waals surface area contributed by atoms with E-state index in [0.29, 0.717) is 24.7 Å². The number of aliphatic carboxylic acids is 1. The molecule has 0 atom stereocenters. The molecule has 0 unspecified atom stereocenters. The molecule has 2 aliphatic rings. The Labute approximate surface area is 181 Å². The Bertz CT molecular complexity index is 980. The summed E-state index contributed by atoms with van der Waals surface area (Å²) in [6, 6.07) is 6.78. The fourth-order valence-electron chi connectivity index (χ4n) is 3.25. The van der Waals surface area contributed by atoms with E-state index in [-0.39, 0.29) is 18.1 Å². The zero-order valence-corrected chi connectivity index (χ0v) is 17.0. The Kier molecular flexibility index (Phi) is 7.26. The van der Waals surface area contributed by atoms with Gasteiger partial charge in [0.25, 0.3) is 0 Å². The minimum atomic E-state index is -5.08. The molecule has 1 aliphatic heterocycles. The van der Waals surface area contributed by atoms with Crippen molar-refractivity contribution in [3.8, 4) is 0 Å². The lowest BCUT2D eigenvalue weighted by atomic mass is 10.1. The van der Waals surface area contributed by atoms with E-state index in [1.165, 1.54) is 25.0 Å². The zero-order chi connectivity index (χ0) is 23.3. The third-order valence-corrected chi connectivity index (χ3v) is 5.04. The molecule has 1 aromatic heterocycles. The van der Waals surface area contributed by atoms with Crippen LogP contribution in [-0.2, 0) is 28.9 Å². The highest BCUT2D eigenvalue weighted by Gasteiger charge is 2.38. The fraction of sp³-hybridized carbons (Fsp3) is 0.429. The summed E-state index contributed by atoms with van der Waals surface area (Å²) < 4.78 is 45.0. The Morgan fingerprint density at radius 3 is 2.47 bits per heavy atom. The molecule has 1 saturated carbocycles. The van der Waals surface area contributed by atoms with Gasteiger partial charge in [0.15, 0.2) is 0 Å². The van der Waals surface area contributed by atoms with E-state index in [1.807, 2.05) is 4.90 Å². The number of aromatic nitrogens is 2. The summed E-state index contributed by atoms with van der Waals surface area (Å²) in [5.41, 5.74) is 2.87. The topological polar surface area (TPSA) is 95.4 Å². The molecule has 0 radical (unpaired) electrons. The van der Waals surface area contributed by atoms with E-state index < -0.39 is 12.1 Å². The maximum absolute atomic E-state index is 13.3. The molecular formula is C21H22F4N4O3. The first-order chi connectivity index (χ1) is 15.1. The molecule has 0 spiro atoms. The Morgan fingerprint density at radius 2 is 1.84 bits per heavy atom. The van der Waals surface area contributed by atoms with E-state index in [4.69, 9.17) is 9.90 Å². The minimum absolute atomic E-state index is 0.0306. The second-order valence-corrected chi connectivity index (χ2v) is 7.56. The van der Waals surface area contributed by atoms with Crippen molar-refractivity contribution >= 4 is 17.7 Å². The molecule has 172 valence electrons. The molecule has 0 saturated heterocycles. The van der Waals surface area contributed by atoms with Gasteiger partial charge in [-0.3, -0.25) is 4.79 Å². The smallest absolute Gasteiger partial charge is 0.475 e. The molecule has 7 nitrogen and oxygen atoms in total. The van der Waals surface area contributed by atoms with Gasteiger partial charge in [-0.05, 0) is 37.0 Å². The first-order valence-corrected chi connectivity index (χ1v) is 10.0. The number of benzene rings is 1. The van der Waals surface area contributed by atoms with E-state index >= 15 is 0 Å². The van der Waals surface area contributed by atoms with Crippen LogP contribution in [0.4, 0.5) is 23.4 Å². The van der Waals surface area contributed by atoms with Gasteiger partial charge in [0, 0.05) is 31.1 Å². The van der Waals surface area contributed by atoms with Crippen LogP contribution in [-0.4, -0.2) is 57.2 Å². The number of nitrogens with zero attached hydrogens (tertiary/aromatic N) is 3. The van der Waals surface area contributed by atoms with Crippen LogP contribution in [0, 0.1) is 5.82 Å². The van der Waals surface area contributed by atoms with Crippen molar-refractivity contribution in [2.75, 3.05) is 18.4 Å². The summed E-state index contributed by atoms with van der Waals surface area (Å²) in [7, 11) is 0. The molecular weight excluding hydrogens is 432 g/mol. The van der Waals surface area contributed by atoms with Crippen molar-refractivity contribution in [3.05, 3.63) is 53.2 Å². The highest BCUT2D eigenvalue weighted by atomic mass is 19.4. The lowest BCUT2D eigenvalue weighted by Gasteiger charge is -2.20. The van der Waals surface area contributed by atoms with Gasteiger partial charge < -0.3 is 15.3 Å². The van der Waals surface area contributed by atoms with Gasteiger partial charge in [-0.15, -0.1) is 0 Å². The maximum Gasteiger partial charge on any atom is 0.490 e. The van der Waals surface area contributed by atoms with Gasteiger partial charge in [0.05, 0.1) is 12.1 Å². The van der Waals surface area contributed by atoms with Crippen LogP contribution in [0.3, 0.4) is 0 Å². The Morgan fingerprint density at radius 1 is 1.16 bits per heavy atom. The Balaban J connectivity index is 0.000000360. The van der Waals surface area contributed by atoms with Crippen LogP contribution >= 0.6 is 0 Å². The number of carbonyl (C=O) groups is 2. The molecule has 4 rings (SSSR count). The zero-order valence-electron chi connectivity index (χ0n) is 17.0. The number of nitrogens with one attached hydrogen (secondary N) is 1. The largest absolute Gasteiger partial charge is 0.490 e. The summed E-state index contributed by atoms with van der Waals surface area (Å²) in [5.74, 6) is -2.11. The summed E-state index contributed by atoms with van der Waals surface area (Å²) in [5, 5.41) is 10.6. The average Bonchev–Trinajstić information content (AvgIpc) is 3.54. The van der Waals surface area contributed by atoms with E-state index in [9.17, 15) is 22.4 Å². The normalized spacial score (nSPS) is 15.7. The quantitative estimate of drug-likeness (QED) is 0.690. The molecule has 1 aliphatic carbocycles. The van der Waals surface area contributed by atoms with Gasteiger partial charge in [-0.25, -0.2) is 19.2 Å². The molecule has 1 aromatic carbocycles. The summed E-state index contributed by atoms with van der Waals surface area (Å²) in [6.07, 6.45) is 0.612. The van der Waals surface area contributed by atoms with Crippen molar-refractivity contribution in [2.45, 2.75) is 44.3 Å². The second-order valence-electron chi connectivity index (χ2n) is 7.56. The first kappa shape index (κ1) is 23.4. The molecule has 32 heavy (non-hydrogen) atoms. The fourth-order valence-corrected chi connectivity index (χ4v) is 3.25. The van der Waals surface area contributed by atoms with Crippen LogP contribution in [0.5, 0.6) is 0 Å². The van der Waals surface area contributed by atoms with E-state index in [2.05, 4.69) is 15.3 Å². The molecule has 2 N–H and O–H groups in total. The first-order valence-electron chi connectivity index (χ1n) is 10.0. The van der Waals surface area contributed by atoms with E-state index in [0.717, 1.165) is 29.9 Å². The highest BCUT2D eigenvalue weighted by molar-refractivity contribution is 5.79. The van der Waals surface area contributed by atoms with Crippen LogP contribution in [0.25, 0.3) is 0 Å². The van der Waals surface area contributed by atoms with Crippen LogP contribution in [0.2, 0.25) is 0 Å². The minimum Gasteiger partial charge on any atom is -0.475 e. The standard InChI is InChI=1S/C19H21FN4O.C2HF3O2/c20-14-3-1-2-13(10-14)11-18(25)24-8-6-16-17(7-9-24)21-12-22-19(16)23-15-4-5-15;3-2(4,5)1(6)7/h1-3,10,12,15H,4-9,11H2,(H,21,22,23);(H,6,7). The number of carboxylic acid groups (broad SMARTS) is 1. The average molecular weight is 454 g/mol. The summed E-state index contributed by atoms with van der Waals surface area (Å²) in [6.45, 7) is 1.29. The van der Waals surface area contributed by atoms with Crippen molar-refractivity contribution in [2.24, 2.45) is 0 Å².